The molecule has 0 aliphatic carbocycles. The minimum absolute atomic E-state index is 0.104. The number of ether oxygens (including phenoxy) is 1. The number of nitrogens with one attached hydrogen (secondary N) is 3. The van der Waals surface area contributed by atoms with E-state index in [0.717, 1.165) is 28.3 Å². The van der Waals surface area contributed by atoms with E-state index in [4.69, 9.17) is 4.74 Å². The molecule has 6 nitrogen and oxygen atoms in total. The number of para-hydroxylation sites is 1. The summed E-state index contributed by atoms with van der Waals surface area (Å²) in [4.78, 5) is 12.3. The number of aromatic nitrogens is 2. The molecule has 1 atom stereocenters. The van der Waals surface area contributed by atoms with Crippen molar-refractivity contribution in [2.45, 2.75) is 6.17 Å². The molecule has 0 saturated heterocycles. The van der Waals surface area contributed by atoms with Crippen LogP contribution in [0.15, 0.2) is 54.7 Å². The van der Waals surface area contributed by atoms with Crippen LogP contribution in [0.2, 0.25) is 0 Å². The fraction of sp³-hybridized carbons (Fsp3) is 0.111. The van der Waals surface area contributed by atoms with Gasteiger partial charge in [-0.2, -0.15) is 5.10 Å². The largest absolute Gasteiger partial charge is 0.497 e. The summed E-state index contributed by atoms with van der Waals surface area (Å²) in [7, 11) is 1.63. The molecule has 0 spiro atoms. The molecule has 120 valence electrons. The van der Waals surface area contributed by atoms with Gasteiger partial charge >= 0.3 is 0 Å². The van der Waals surface area contributed by atoms with Gasteiger partial charge in [0.25, 0.3) is 5.91 Å². The predicted octanol–water partition coefficient (Wildman–Crippen LogP) is 2.94. The van der Waals surface area contributed by atoms with Crippen molar-refractivity contribution in [2.75, 3.05) is 12.4 Å². The number of anilines is 1. The van der Waals surface area contributed by atoms with Crippen LogP contribution < -0.4 is 15.4 Å². The fourth-order valence-corrected chi connectivity index (χ4v) is 2.89. The number of fused-ring (bicyclic) bond motifs is 1. The second kappa shape index (κ2) is 5.73. The lowest BCUT2D eigenvalue weighted by molar-refractivity contribution is 0.0936. The van der Waals surface area contributed by atoms with Crippen LogP contribution in [0.4, 0.5) is 5.69 Å². The molecule has 0 unspecified atom stereocenters. The summed E-state index contributed by atoms with van der Waals surface area (Å²) >= 11 is 0. The summed E-state index contributed by atoms with van der Waals surface area (Å²) in [6, 6.07) is 15.1. The number of methoxy groups -OCH3 is 1. The van der Waals surface area contributed by atoms with Gasteiger partial charge in [0.1, 0.15) is 11.9 Å². The molecular formula is C18H16N4O2. The standard InChI is InChI=1S/C18H16N4O2/c1-24-12-6-4-5-11(9-12)16-14(10-19-22-16)17-20-15-8-3-2-7-13(15)18(23)21-17/h2-10,17,20H,1H3,(H,19,22)(H,21,23)/t17-/m0/s1. The number of rotatable bonds is 3. The quantitative estimate of drug-likeness (QED) is 0.693. The van der Waals surface area contributed by atoms with Gasteiger partial charge in [0.15, 0.2) is 0 Å². The molecule has 0 bridgehead atoms. The van der Waals surface area contributed by atoms with Gasteiger partial charge in [-0.05, 0) is 24.3 Å². The molecule has 1 aliphatic heterocycles. The first-order chi connectivity index (χ1) is 11.8. The third kappa shape index (κ3) is 2.38. The first-order valence-corrected chi connectivity index (χ1v) is 7.60. The molecule has 4 rings (SSSR count). The third-order valence-corrected chi connectivity index (χ3v) is 4.09. The van der Waals surface area contributed by atoms with Gasteiger partial charge in [0.05, 0.1) is 24.6 Å². The monoisotopic (exact) mass is 320 g/mol. The Balaban J connectivity index is 1.72. The zero-order chi connectivity index (χ0) is 16.5. The second-order valence-electron chi connectivity index (χ2n) is 5.53. The highest BCUT2D eigenvalue weighted by Crippen LogP contribution is 2.32. The summed E-state index contributed by atoms with van der Waals surface area (Å²) in [5.41, 5.74) is 4.10. The fourth-order valence-electron chi connectivity index (χ4n) is 2.89. The maximum atomic E-state index is 12.3. The maximum absolute atomic E-state index is 12.3. The van der Waals surface area contributed by atoms with E-state index in [0.29, 0.717) is 5.56 Å². The Morgan fingerprint density at radius 2 is 1.96 bits per heavy atom. The summed E-state index contributed by atoms with van der Waals surface area (Å²) in [6.07, 6.45) is 1.37. The number of nitrogens with zero attached hydrogens (tertiary/aromatic N) is 1. The van der Waals surface area contributed by atoms with Gasteiger partial charge in [-0.15, -0.1) is 0 Å². The molecule has 24 heavy (non-hydrogen) atoms. The Hall–Kier alpha value is -3.28. The molecular weight excluding hydrogens is 304 g/mol. The van der Waals surface area contributed by atoms with E-state index >= 15 is 0 Å². The number of H-pyrrole nitrogens is 1. The van der Waals surface area contributed by atoms with Gasteiger partial charge in [0.2, 0.25) is 0 Å². The number of amides is 1. The molecule has 0 radical (unpaired) electrons. The summed E-state index contributed by atoms with van der Waals surface area (Å²) in [5.74, 6) is 0.658. The third-order valence-electron chi connectivity index (χ3n) is 4.09. The minimum Gasteiger partial charge on any atom is -0.497 e. The van der Waals surface area contributed by atoms with Crippen LogP contribution in [0, 0.1) is 0 Å². The maximum Gasteiger partial charge on any atom is 0.255 e. The van der Waals surface area contributed by atoms with Crippen LogP contribution >= 0.6 is 0 Å². The summed E-state index contributed by atoms with van der Waals surface area (Å²) < 4.78 is 5.28. The normalized spacial score (nSPS) is 16.0. The molecule has 2 aromatic carbocycles. The average Bonchev–Trinajstić information content (AvgIpc) is 3.11. The van der Waals surface area contributed by atoms with Crippen molar-refractivity contribution >= 4 is 11.6 Å². The Morgan fingerprint density at radius 3 is 2.83 bits per heavy atom. The van der Waals surface area contributed by atoms with Crippen LogP contribution in [0.25, 0.3) is 11.3 Å². The highest BCUT2D eigenvalue weighted by atomic mass is 16.5. The molecule has 3 aromatic rings. The van der Waals surface area contributed by atoms with Crippen molar-refractivity contribution in [2.24, 2.45) is 0 Å². The molecule has 3 N–H and O–H groups in total. The van der Waals surface area contributed by atoms with E-state index in [-0.39, 0.29) is 12.1 Å². The van der Waals surface area contributed by atoms with Crippen molar-refractivity contribution in [3.8, 4) is 17.0 Å². The zero-order valence-electron chi connectivity index (χ0n) is 13.0. The minimum atomic E-state index is -0.354. The van der Waals surface area contributed by atoms with E-state index in [2.05, 4.69) is 20.8 Å². The van der Waals surface area contributed by atoms with Gasteiger partial charge in [-0.25, -0.2) is 0 Å². The van der Waals surface area contributed by atoms with Crippen molar-refractivity contribution in [3.05, 3.63) is 65.9 Å². The number of benzene rings is 2. The van der Waals surface area contributed by atoms with E-state index in [1.54, 1.807) is 19.4 Å². The van der Waals surface area contributed by atoms with E-state index in [9.17, 15) is 4.79 Å². The predicted molar refractivity (Wildman–Crippen MR) is 90.8 cm³/mol. The molecule has 0 saturated carbocycles. The van der Waals surface area contributed by atoms with Crippen molar-refractivity contribution in [1.82, 2.24) is 15.5 Å². The van der Waals surface area contributed by atoms with Crippen LogP contribution in [0.3, 0.4) is 0 Å². The van der Waals surface area contributed by atoms with E-state index < -0.39 is 0 Å². The van der Waals surface area contributed by atoms with Crippen LogP contribution in [0.1, 0.15) is 22.1 Å². The lowest BCUT2D eigenvalue weighted by atomic mass is 10.0. The SMILES string of the molecule is COc1cccc(-c2[nH]ncc2[C@@H]2NC(=O)c3ccccc3N2)c1. The lowest BCUT2D eigenvalue weighted by Gasteiger charge is -2.27. The summed E-state index contributed by atoms with van der Waals surface area (Å²) in [5, 5.41) is 13.5. The second-order valence-corrected chi connectivity index (χ2v) is 5.53. The molecule has 1 aliphatic rings. The van der Waals surface area contributed by atoms with Crippen molar-refractivity contribution in [3.63, 3.8) is 0 Å². The van der Waals surface area contributed by atoms with Gasteiger partial charge in [0, 0.05) is 16.8 Å². The van der Waals surface area contributed by atoms with E-state index in [1.807, 2.05) is 42.5 Å². The van der Waals surface area contributed by atoms with Gasteiger partial charge in [-0.1, -0.05) is 24.3 Å². The summed E-state index contributed by atoms with van der Waals surface area (Å²) in [6.45, 7) is 0. The number of hydrogen-bond donors (Lipinski definition) is 3. The highest BCUT2D eigenvalue weighted by Gasteiger charge is 2.27. The van der Waals surface area contributed by atoms with Crippen LogP contribution in [-0.2, 0) is 0 Å². The Labute approximate surface area is 138 Å². The zero-order valence-corrected chi connectivity index (χ0v) is 13.0. The highest BCUT2D eigenvalue weighted by molar-refractivity contribution is 6.01. The molecule has 2 heterocycles. The topological polar surface area (TPSA) is 79.0 Å². The molecule has 0 fully saturated rings. The molecule has 6 heteroatoms. The molecule has 1 aromatic heterocycles. The van der Waals surface area contributed by atoms with E-state index in [1.165, 1.54) is 0 Å². The average molecular weight is 320 g/mol. The van der Waals surface area contributed by atoms with Crippen LogP contribution in [0.5, 0.6) is 5.75 Å². The van der Waals surface area contributed by atoms with Crippen LogP contribution in [-0.4, -0.2) is 23.2 Å². The van der Waals surface area contributed by atoms with Gasteiger partial charge < -0.3 is 15.4 Å². The smallest absolute Gasteiger partial charge is 0.255 e. The Morgan fingerprint density at radius 1 is 1.08 bits per heavy atom. The van der Waals surface area contributed by atoms with Crippen molar-refractivity contribution in [1.29, 1.82) is 0 Å². The lowest BCUT2D eigenvalue weighted by Crippen LogP contribution is -2.38. The Bertz CT molecular complexity index is 903. The first-order valence-electron chi connectivity index (χ1n) is 7.60. The number of aromatic amines is 1. The number of carbonyl (C=O) groups excluding carboxylic acids is 1. The number of carbonyl (C=O) groups is 1. The van der Waals surface area contributed by atoms with Crippen molar-refractivity contribution < 1.29 is 9.53 Å². The first kappa shape index (κ1) is 14.3. The number of hydrogen-bond acceptors (Lipinski definition) is 4. The Kier molecular flexibility index (Phi) is 3.42. The molecule has 1 amide bonds. The van der Waals surface area contributed by atoms with Gasteiger partial charge in [-0.3, -0.25) is 9.89 Å².